The molecule has 6 heteroatoms. The molecule has 0 atom stereocenters. The van der Waals surface area contributed by atoms with Gasteiger partial charge in [0.1, 0.15) is 18.1 Å². The van der Waals surface area contributed by atoms with Crippen LogP contribution in [0, 0.1) is 0 Å². The average molecular weight is 351 g/mol. The third-order valence-corrected chi connectivity index (χ3v) is 3.52. The summed E-state index contributed by atoms with van der Waals surface area (Å²) in [5.41, 5.74) is 7.28. The number of rotatable bonds is 7. The van der Waals surface area contributed by atoms with E-state index in [-0.39, 0.29) is 18.3 Å². The summed E-state index contributed by atoms with van der Waals surface area (Å²) in [5.74, 6) is 1.59. The fourth-order valence-electron chi connectivity index (χ4n) is 2.04. The van der Waals surface area contributed by atoms with Crippen molar-refractivity contribution in [2.45, 2.75) is 6.42 Å². The molecule has 0 aromatic heterocycles. The van der Waals surface area contributed by atoms with Crippen LogP contribution in [0.3, 0.4) is 0 Å². The van der Waals surface area contributed by atoms with Crippen molar-refractivity contribution >= 4 is 24.0 Å². The van der Waals surface area contributed by atoms with Crippen LogP contribution >= 0.6 is 12.4 Å². The van der Waals surface area contributed by atoms with Gasteiger partial charge >= 0.3 is 0 Å². The molecule has 0 unspecified atom stereocenters. The number of methoxy groups -OCH3 is 1. The van der Waals surface area contributed by atoms with Crippen LogP contribution < -0.4 is 15.2 Å². The van der Waals surface area contributed by atoms with E-state index in [0.29, 0.717) is 25.3 Å². The lowest BCUT2D eigenvalue weighted by Crippen LogP contribution is -2.32. The first kappa shape index (κ1) is 19.6. The van der Waals surface area contributed by atoms with Gasteiger partial charge in [-0.3, -0.25) is 4.79 Å². The molecule has 5 nitrogen and oxygen atoms in total. The monoisotopic (exact) mass is 350 g/mol. The summed E-state index contributed by atoms with van der Waals surface area (Å²) in [5, 5.41) is 0. The fourth-order valence-corrected chi connectivity index (χ4v) is 2.04. The van der Waals surface area contributed by atoms with Crippen molar-refractivity contribution in [1.29, 1.82) is 0 Å². The molecule has 0 bridgehead atoms. The molecular weight excluding hydrogens is 328 g/mol. The summed E-state index contributed by atoms with van der Waals surface area (Å²) < 4.78 is 10.7. The molecule has 24 heavy (non-hydrogen) atoms. The van der Waals surface area contributed by atoms with Crippen molar-refractivity contribution in [2.24, 2.45) is 0 Å². The van der Waals surface area contributed by atoms with Crippen molar-refractivity contribution in [3.8, 4) is 11.5 Å². The van der Waals surface area contributed by atoms with Crippen molar-refractivity contribution in [2.75, 3.05) is 33.0 Å². The Morgan fingerprint density at radius 1 is 1.04 bits per heavy atom. The topological polar surface area (TPSA) is 64.8 Å². The third kappa shape index (κ3) is 6.01. The molecule has 0 saturated carbocycles. The van der Waals surface area contributed by atoms with Crippen LogP contribution in [0.5, 0.6) is 11.5 Å². The summed E-state index contributed by atoms with van der Waals surface area (Å²) in [6, 6.07) is 14.7. The van der Waals surface area contributed by atoms with E-state index >= 15 is 0 Å². The number of anilines is 1. The lowest BCUT2D eigenvalue weighted by Gasteiger charge is -2.17. The fraction of sp³-hybridized carbons (Fsp3) is 0.278. The average Bonchev–Trinajstić information content (AvgIpc) is 2.57. The highest BCUT2D eigenvalue weighted by atomic mass is 35.5. The van der Waals surface area contributed by atoms with E-state index < -0.39 is 0 Å². The largest absolute Gasteiger partial charge is 0.497 e. The normalized spacial score (nSPS) is 9.75. The SMILES string of the molecule is COc1ccc(OCCN(C)C(=O)Cc2ccc(N)cc2)cc1.Cl. The van der Waals surface area contributed by atoms with Crippen LogP contribution in [0.15, 0.2) is 48.5 Å². The second kappa shape index (κ2) is 9.67. The minimum absolute atomic E-state index is 0. The first-order valence-corrected chi connectivity index (χ1v) is 7.43. The van der Waals surface area contributed by atoms with Gasteiger partial charge in [0.2, 0.25) is 5.91 Å². The van der Waals surface area contributed by atoms with E-state index in [4.69, 9.17) is 15.2 Å². The first-order valence-electron chi connectivity index (χ1n) is 7.43. The number of benzene rings is 2. The Bertz CT molecular complexity index is 630. The molecule has 0 saturated heterocycles. The molecule has 0 radical (unpaired) electrons. The van der Waals surface area contributed by atoms with E-state index in [2.05, 4.69) is 0 Å². The Balaban J connectivity index is 0.00000288. The van der Waals surface area contributed by atoms with Crippen molar-refractivity contribution in [3.63, 3.8) is 0 Å². The number of ether oxygens (including phenoxy) is 2. The van der Waals surface area contributed by atoms with Gasteiger partial charge in [0.25, 0.3) is 0 Å². The quantitative estimate of drug-likeness (QED) is 0.780. The molecule has 2 aromatic rings. The van der Waals surface area contributed by atoms with Gasteiger partial charge < -0.3 is 20.1 Å². The van der Waals surface area contributed by atoms with Gasteiger partial charge in [-0.05, 0) is 42.0 Å². The van der Waals surface area contributed by atoms with E-state index in [1.807, 2.05) is 36.4 Å². The van der Waals surface area contributed by atoms with Gasteiger partial charge in [-0.1, -0.05) is 12.1 Å². The second-order valence-electron chi connectivity index (χ2n) is 5.26. The van der Waals surface area contributed by atoms with Gasteiger partial charge in [-0.15, -0.1) is 12.4 Å². The van der Waals surface area contributed by atoms with Crippen LogP contribution in [-0.2, 0) is 11.2 Å². The molecule has 0 aliphatic carbocycles. The third-order valence-electron chi connectivity index (χ3n) is 3.52. The van der Waals surface area contributed by atoms with Gasteiger partial charge in [0, 0.05) is 12.7 Å². The smallest absolute Gasteiger partial charge is 0.226 e. The van der Waals surface area contributed by atoms with Gasteiger partial charge in [0.05, 0.1) is 20.1 Å². The minimum atomic E-state index is 0. The molecule has 2 aromatic carbocycles. The van der Waals surface area contributed by atoms with Crippen LogP contribution in [0.2, 0.25) is 0 Å². The molecule has 0 spiro atoms. The number of likely N-dealkylation sites (N-methyl/N-ethyl adjacent to an activating group) is 1. The van der Waals surface area contributed by atoms with Gasteiger partial charge in [-0.2, -0.15) is 0 Å². The van der Waals surface area contributed by atoms with E-state index in [1.54, 1.807) is 31.2 Å². The maximum absolute atomic E-state index is 12.1. The van der Waals surface area contributed by atoms with Gasteiger partial charge in [-0.25, -0.2) is 0 Å². The maximum Gasteiger partial charge on any atom is 0.226 e. The minimum Gasteiger partial charge on any atom is -0.497 e. The highest BCUT2D eigenvalue weighted by Gasteiger charge is 2.09. The first-order chi connectivity index (χ1) is 11.1. The van der Waals surface area contributed by atoms with Crippen molar-refractivity contribution in [1.82, 2.24) is 4.90 Å². The van der Waals surface area contributed by atoms with E-state index in [0.717, 1.165) is 17.1 Å². The summed E-state index contributed by atoms with van der Waals surface area (Å²) >= 11 is 0. The predicted octanol–water partition coefficient (Wildman–Crippen LogP) is 2.78. The zero-order chi connectivity index (χ0) is 16.7. The molecule has 0 aliphatic heterocycles. The number of hydrogen-bond acceptors (Lipinski definition) is 4. The van der Waals surface area contributed by atoms with Crippen LogP contribution in [0.25, 0.3) is 0 Å². The zero-order valence-electron chi connectivity index (χ0n) is 13.9. The second-order valence-corrected chi connectivity index (χ2v) is 5.26. The number of nitrogens with zero attached hydrogens (tertiary/aromatic N) is 1. The van der Waals surface area contributed by atoms with Crippen LogP contribution in [0.1, 0.15) is 5.56 Å². The number of amides is 1. The Morgan fingerprint density at radius 3 is 2.21 bits per heavy atom. The number of nitrogens with two attached hydrogens (primary N) is 1. The van der Waals surface area contributed by atoms with E-state index in [9.17, 15) is 4.79 Å². The highest BCUT2D eigenvalue weighted by molar-refractivity contribution is 5.85. The standard InChI is InChI=1S/C18H22N2O3.ClH/c1-20(18(21)13-14-3-5-15(19)6-4-14)11-12-23-17-9-7-16(22-2)8-10-17;/h3-10H,11-13,19H2,1-2H3;1H. The summed E-state index contributed by atoms with van der Waals surface area (Å²) in [6.45, 7) is 0.968. The van der Waals surface area contributed by atoms with Crippen molar-refractivity contribution in [3.05, 3.63) is 54.1 Å². The number of nitrogen functional groups attached to an aromatic ring is 1. The summed E-state index contributed by atoms with van der Waals surface area (Å²) in [7, 11) is 3.40. The summed E-state index contributed by atoms with van der Waals surface area (Å²) in [4.78, 5) is 13.8. The van der Waals surface area contributed by atoms with Crippen LogP contribution in [0.4, 0.5) is 5.69 Å². The summed E-state index contributed by atoms with van der Waals surface area (Å²) in [6.07, 6.45) is 0.360. The number of hydrogen-bond donors (Lipinski definition) is 1. The molecule has 130 valence electrons. The number of carbonyl (C=O) groups excluding carboxylic acids is 1. The Kier molecular flexibility index (Phi) is 7.92. The molecule has 2 rings (SSSR count). The highest BCUT2D eigenvalue weighted by Crippen LogP contribution is 2.16. The lowest BCUT2D eigenvalue weighted by molar-refractivity contribution is -0.129. The Morgan fingerprint density at radius 2 is 1.62 bits per heavy atom. The zero-order valence-corrected chi connectivity index (χ0v) is 14.7. The Labute approximate surface area is 148 Å². The van der Waals surface area contributed by atoms with E-state index in [1.165, 1.54) is 0 Å². The molecule has 1 amide bonds. The van der Waals surface area contributed by atoms with Gasteiger partial charge in [0.15, 0.2) is 0 Å². The van der Waals surface area contributed by atoms with Crippen molar-refractivity contribution < 1.29 is 14.3 Å². The Hall–Kier alpha value is -2.40. The molecular formula is C18H23ClN2O3. The van der Waals surface area contributed by atoms with Crippen LogP contribution in [-0.4, -0.2) is 38.1 Å². The predicted molar refractivity (Wildman–Crippen MR) is 97.9 cm³/mol. The molecule has 0 aliphatic rings. The number of carbonyl (C=O) groups is 1. The maximum atomic E-state index is 12.1. The molecule has 0 heterocycles. The number of halogens is 1. The molecule has 0 fully saturated rings. The lowest BCUT2D eigenvalue weighted by atomic mass is 10.1. The molecule has 2 N–H and O–H groups in total.